The van der Waals surface area contributed by atoms with Gasteiger partial charge in [-0.25, -0.2) is 4.79 Å². The van der Waals surface area contributed by atoms with Crippen molar-refractivity contribution in [2.75, 3.05) is 18.4 Å². The Bertz CT molecular complexity index is 711. The van der Waals surface area contributed by atoms with Crippen molar-refractivity contribution in [3.63, 3.8) is 0 Å². The molecular weight excluding hydrogens is 342 g/mol. The van der Waals surface area contributed by atoms with Crippen LogP contribution in [0.1, 0.15) is 36.0 Å². The maximum atomic E-state index is 12.2. The largest absolute Gasteiger partial charge is 0.478 e. The second kappa shape index (κ2) is 7.69. The van der Waals surface area contributed by atoms with Gasteiger partial charge in [0.1, 0.15) is 5.25 Å². The highest BCUT2D eigenvalue weighted by Crippen LogP contribution is 2.29. The van der Waals surface area contributed by atoms with Crippen LogP contribution in [0.4, 0.5) is 5.69 Å². The van der Waals surface area contributed by atoms with Crippen molar-refractivity contribution < 1.29 is 19.5 Å². The number of aromatic carboxylic acids is 1. The quantitative estimate of drug-likeness (QED) is 0.853. The van der Waals surface area contributed by atoms with Gasteiger partial charge in [0.25, 0.3) is 5.91 Å². The van der Waals surface area contributed by atoms with E-state index in [2.05, 4.69) is 15.2 Å². The predicted octanol–water partition coefficient (Wildman–Crippen LogP) is 2.20. The van der Waals surface area contributed by atoms with Crippen molar-refractivity contribution in [3.8, 4) is 0 Å². The molecule has 0 bridgehead atoms. The zero-order valence-electron chi connectivity index (χ0n) is 13.6. The molecule has 2 heterocycles. The molecule has 1 aromatic carbocycles. The lowest BCUT2D eigenvalue weighted by molar-refractivity contribution is -0.121. The number of benzene rings is 1. The molecule has 0 aromatic heterocycles. The van der Waals surface area contributed by atoms with Crippen molar-refractivity contribution in [3.05, 3.63) is 29.8 Å². The van der Waals surface area contributed by atoms with Crippen LogP contribution in [0.3, 0.4) is 0 Å². The van der Waals surface area contributed by atoms with Crippen LogP contribution in [0, 0.1) is 0 Å². The van der Waals surface area contributed by atoms with Crippen LogP contribution < -0.4 is 5.32 Å². The van der Waals surface area contributed by atoms with Crippen LogP contribution in [-0.2, 0) is 9.59 Å². The number of hydrogen-bond donors (Lipinski definition) is 2. The second-order valence-electron chi connectivity index (χ2n) is 6.02. The van der Waals surface area contributed by atoms with Gasteiger partial charge in [-0.3, -0.25) is 9.59 Å². The van der Waals surface area contributed by atoms with Crippen LogP contribution in [0.25, 0.3) is 0 Å². The SMILES string of the molecule is O=C(C[C@H]1SC(N2CCCCC2)=NC1=O)Nc1ccc(C(=O)O)cc1. The summed E-state index contributed by atoms with van der Waals surface area (Å²) in [6, 6.07) is 5.90. The maximum Gasteiger partial charge on any atom is 0.335 e. The highest BCUT2D eigenvalue weighted by Gasteiger charge is 2.33. The average Bonchev–Trinajstić information content (AvgIpc) is 2.97. The Hall–Kier alpha value is -2.35. The first-order chi connectivity index (χ1) is 12.0. The smallest absolute Gasteiger partial charge is 0.335 e. The Balaban J connectivity index is 1.53. The van der Waals surface area contributed by atoms with Gasteiger partial charge in [-0.1, -0.05) is 11.8 Å². The summed E-state index contributed by atoms with van der Waals surface area (Å²) in [5, 5.41) is 11.8. The lowest BCUT2D eigenvalue weighted by Gasteiger charge is -2.27. The fraction of sp³-hybridized carbons (Fsp3) is 0.412. The molecule has 0 radical (unpaired) electrons. The van der Waals surface area contributed by atoms with Crippen molar-refractivity contribution in [1.82, 2.24) is 4.90 Å². The summed E-state index contributed by atoms with van der Waals surface area (Å²) in [4.78, 5) is 41.3. The first-order valence-corrected chi connectivity index (χ1v) is 9.08. The number of aliphatic imine (C=N–C) groups is 1. The number of piperidine rings is 1. The number of carboxylic acid groups (broad SMARTS) is 1. The van der Waals surface area contributed by atoms with Gasteiger partial charge in [0.2, 0.25) is 5.91 Å². The van der Waals surface area contributed by atoms with Gasteiger partial charge in [-0.2, -0.15) is 4.99 Å². The third-order valence-corrected chi connectivity index (χ3v) is 5.36. The molecule has 0 aliphatic carbocycles. The number of nitrogens with one attached hydrogen (secondary N) is 1. The van der Waals surface area contributed by atoms with Gasteiger partial charge in [-0.15, -0.1) is 0 Å². The number of carbonyl (C=O) groups excluding carboxylic acids is 2. The van der Waals surface area contributed by atoms with Crippen LogP contribution in [0.2, 0.25) is 0 Å². The fourth-order valence-corrected chi connectivity index (χ4v) is 3.92. The van der Waals surface area contributed by atoms with E-state index in [0.29, 0.717) is 5.69 Å². The summed E-state index contributed by atoms with van der Waals surface area (Å²) in [5.74, 6) is -1.57. The van der Waals surface area contributed by atoms with Crippen molar-refractivity contribution in [2.24, 2.45) is 4.99 Å². The molecule has 25 heavy (non-hydrogen) atoms. The molecule has 2 aliphatic rings. The summed E-state index contributed by atoms with van der Waals surface area (Å²) in [5.41, 5.74) is 0.654. The monoisotopic (exact) mass is 361 g/mol. The van der Waals surface area contributed by atoms with Crippen LogP contribution >= 0.6 is 11.8 Å². The molecule has 0 spiro atoms. The Labute approximate surface area is 149 Å². The Morgan fingerprint density at radius 2 is 1.88 bits per heavy atom. The van der Waals surface area contributed by atoms with Crippen LogP contribution in [0.5, 0.6) is 0 Å². The van der Waals surface area contributed by atoms with Crippen LogP contribution in [0.15, 0.2) is 29.3 Å². The third-order valence-electron chi connectivity index (χ3n) is 4.14. The third kappa shape index (κ3) is 4.39. The van der Waals surface area contributed by atoms with E-state index in [1.807, 2.05) is 0 Å². The number of amidine groups is 1. The molecule has 1 saturated heterocycles. The maximum absolute atomic E-state index is 12.2. The molecule has 3 rings (SSSR count). The highest BCUT2D eigenvalue weighted by atomic mass is 32.2. The van der Waals surface area contributed by atoms with Gasteiger partial charge in [0, 0.05) is 25.2 Å². The first-order valence-electron chi connectivity index (χ1n) is 8.20. The van der Waals surface area contributed by atoms with Crippen LogP contribution in [-0.4, -0.2) is 51.3 Å². The summed E-state index contributed by atoms with van der Waals surface area (Å²) < 4.78 is 0. The number of thioether (sulfide) groups is 1. The molecule has 1 aromatic rings. The topological polar surface area (TPSA) is 99.1 Å². The lowest BCUT2D eigenvalue weighted by Crippen LogP contribution is -2.33. The van der Waals surface area contributed by atoms with E-state index in [9.17, 15) is 14.4 Å². The standard InChI is InChI=1S/C17H19N3O4S/c21-14(18-12-6-4-11(5-7-12)16(23)24)10-13-15(22)19-17(25-13)20-8-2-1-3-9-20/h4-7,13H,1-3,8-10H2,(H,18,21)(H,23,24)/t13-/m1/s1. The Morgan fingerprint density at radius 3 is 2.52 bits per heavy atom. The molecule has 1 fully saturated rings. The summed E-state index contributed by atoms with van der Waals surface area (Å²) >= 11 is 1.36. The molecule has 0 unspecified atom stereocenters. The summed E-state index contributed by atoms with van der Waals surface area (Å²) in [6.07, 6.45) is 3.45. The zero-order chi connectivity index (χ0) is 17.8. The van der Waals surface area contributed by atoms with E-state index in [0.717, 1.165) is 31.1 Å². The van der Waals surface area contributed by atoms with Gasteiger partial charge in [0.05, 0.1) is 5.56 Å². The second-order valence-corrected chi connectivity index (χ2v) is 7.19. The van der Waals surface area contributed by atoms with E-state index < -0.39 is 11.2 Å². The van der Waals surface area contributed by atoms with E-state index in [4.69, 9.17) is 5.11 Å². The first kappa shape index (κ1) is 17.5. The van der Waals surface area contributed by atoms with Crippen molar-refractivity contribution in [2.45, 2.75) is 30.9 Å². The molecule has 0 saturated carbocycles. The number of carboxylic acids is 1. The van der Waals surface area contributed by atoms with Crippen molar-refractivity contribution >= 4 is 40.4 Å². The summed E-state index contributed by atoms with van der Waals surface area (Å²) in [7, 11) is 0. The molecule has 2 N–H and O–H groups in total. The number of likely N-dealkylation sites (tertiary alicyclic amines) is 1. The van der Waals surface area contributed by atoms with E-state index in [1.165, 1.54) is 42.4 Å². The zero-order valence-corrected chi connectivity index (χ0v) is 14.4. The normalized spacial score (nSPS) is 20.3. The van der Waals surface area contributed by atoms with E-state index in [1.54, 1.807) is 0 Å². The Morgan fingerprint density at radius 1 is 1.20 bits per heavy atom. The number of nitrogens with zero attached hydrogens (tertiary/aromatic N) is 2. The van der Waals surface area contributed by atoms with Gasteiger partial charge in [0.15, 0.2) is 5.17 Å². The van der Waals surface area contributed by atoms with Gasteiger partial charge < -0.3 is 15.3 Å². The van der Waals surface area contributed by atoms with Gasteiger partial charge >= 0.3 is 5.97 Å². The molecule has 132 valence electrons. The highest BCUT2D eigenvalue weighted by molar-refractivity contribution is 8.15. The molecule has 8 heteroatoms. The van der Waals surface area contributed by atoms with E-state index >= 15 is 0 Å². The number of anilines is 1. The minimum Gasteiger partial charge on any atom is -0.478 e. The Kier molecular flexibility index (Phi) is 5.37. The van der Waals surface area contributed by atoms with Gasteiger partial charge in [-0.05, 0) is 43.5 Å². The molecule has 1 atom stereocenters. The predicted molar refractivity (Wildman–Crippen MR) is 95.9 cm³/mol. The number of amides is 2. The van der Waals surface area contributed by atoms with Crippen molar-refractivity contribution in [1.29, 1.82) is 0 Å². The lowest BCUT2D eigenvalue weighted by atomic mass is 10.1. The molecular formula is C17H19N3O4S. The average molecular weight is 361 g/mol. The molecule has 2 amide bonds. The van der Waals surface area contributed by atoms with E-state index in [-0.39, 0.29) is 23.8 Å². The summed E-state index contributed by atoms with van der Waals surface area (Å²) in [6.45, 7) is 1.82. The number of carbonyl (C=O) groups is 3. The minimum absolute atomic E-state index is 0.0466. The minimum atomic E-state index is -1.02. The number of hydrogen-bond acceptors (Lipinski definition) is 5. The molecule has 7 nitrogen and oxygen atoms in total. The molecule has 2 aliphatic heterocycles. The number of rotatable bonds is 4. The fourth-order valence-electron chi connectivity index (χ4n) is 2.81.